The zero-order valence-corrected chi connectivity index (χ0v) is 10.4. The number of methoxy groups -OCH3 is 1. The number of hydrogen-bond acceptors (Lipinski definition) is 3. The summed E-state index contributed by atoms with van der Waals surface area (Å²) >= 11 is 6.24. The molecule has 0 spiro atoms. The highest BCUT2D eigenvalue weighted by molar-refractivity contribution is 6.36. The molecule has 2 rings (SSSR count). The maximum absolute atomic E-state index is 6.24. The monoisotopic (exact) mass is 250 g/mol. The first kappa shape index (κ1) is 12.2. The van der Waals surface area contributed by atoms with E-state index in [2.05, 4.69) is 0 Å². The zero-order chi connectivity index (χ0) is 12.4. The average molecular weight is 251 g/mol. The molecule has 3 nitrogen and oxygen atoms in total. The number of ether oxygens (including phenoxy) is 1. The van der Waals surface area contributed by atoms with Gasteiger partial charge in [0.25, 0.3) is 0 Å². The van der Waals surface area contributed by atoms with Crippen LogP contribution >= 0.6 is 11.6 Å². The molecule has 4 N–H and O–H groups in total. The molecule has 0 heterocycles. The Morgan fingerprint density at radius 2 is 1.94 bits per heavy atom. The van der Waals surface area contributed by atoms with Crippen molar-refractivity contribution in [3.05, 3.63) is 40.9 Å². The molecular weight excluding hydrogens is 236 g/mol. The normalized spacial score (nSPS) is 12.7. The minimum absolute atomic E-state index is 0.271. The summed E-state index contributed by atoms with van der Waals surface area (Å²) in [5.74, 6) is 0.753. The van der Waals surface area contributed by atoms with E-state index in [1.165, 1.54) is 0 Å². The molecule has 0 saturated carbocycles. The summed E-state index contributed by atoms with van der Waals surface area (Å²) in [6.07, 6.45) is 0. The van der Waals surface area contributed by atoms with Crippen molar-refractivity contribution >= 4 is 22.4 Å². The molecule has 0 bridgehead atoms. The lowest BCUT2D eigenvalue weighted by molar-refractivity contribution is 0.411. The molecule has 1 atom stereocenters. The molecule has 1 unspecified atom stereocenters. The van der Waals surface area contributed by atoms with Crippen LogP contribution in [-0.4, -0.2) is 13.7 Å². The highest BCUT2D eigenvalue weighted by Gasteiger charge is 2.15. The van der Waals surface area contributed by atoms with E-state index >= 15 is 0 Å². The van der Waals surface area contributed by atoms with Gasteiger partial charge in [-0.2, -0.15) is 0 Å². The summed E-state index contributed by atoms with van der Waals surface area (Å²) in [6, 6.07) is 9.37. The van der Waals surface area contributed by atoms with E-state index in [0.29, 0.717) is 11.6 Å². The molecule has 90 valence electrons. The predicted molar refractivity (Wildman–Crippen MR) is 71.5 cm³/mol. The molecule has 2 aromatic carbocycles. The number of rotatable bonds is 3. The quantitative estimate of drug-likeness (QED) is 0.880. The Hall–Kier alpha value is -1.29. The molecule has 0 radical (unpaired) electrons. The molecule has 0 fully saturated rings. The number of halogens is 1. The SMILES string of the molecule is COc1c(C(N)CN)cc(Cl)c2ccccc12. The van der Waals surface area contributed by atoms with Crippen molar-refractivity contribution in [2.45, 2.75) is 6.04 Å². The molecule has 0 aliphatic rings. The van der Waals surface area contributed by atoms with Crippen LogP contribution in [-0.2, 0) is 0 Å². The summed E-state index contributed by atoms with van der Waals surface area (Å²) in [7, 11) is 1.63. The van der Waals surface area contributed by atoms with Crippen LogP contribution in [0.15, 0.2) is 30.3 Å². The standard InChI is InChI=1S/C13H15ClN2O/c1-17-13-9-5-3-2-4-8(9)11(14)6-10(13)12(16)7-15/h2-6,12H,7,15-16H2,1H3. The van der Waals surface area contributed by atoms with Crippen LogP contribution in [0.4, 0.5) is 0 Å². The van der Waals surface area contributed by atoms with Gasteiger partial charge in [0.2, 0.25) is 0 Å². The van der Waals surface area contributed by atoms with Crippen molar-refractivity contribution in [1.29, 1.82) is 0 Å². The lowest BCUT2D eigenvalue weighted by Crippen LogP contribution is -2.21. The summed E-state index contributed by atoms with van der Waals surface area (Å²) in [5.41, 5.74) is 12.4. The first-order chi connectivity index (χ1) is 8.19. The van der Waals surface area contributed by atoms with Crippen molar-refractivity contribution in [3.63, 3.8) is 0 Å². The van der Waals surface area contributed by atoms with Gasteiger partial charge < -0.3 is 16.2 Å². The summed E-state index contributed by atoms with van der Waals surface area (Å²) < 4.78 is 5.44. The highest BCUT2D eigenvalue weighted by Crippen LogP contribution is 2.37. The Morgan fingerprint density at radius 1 is 1.29 bits per heavy atom. The van der Waals surface area contributed by atoms with E-state index in [4.69, 9.17) is 27.8 Å². The van der Waals surface area contributed by atoms with E-state index in [-0.39, 0.29) is 6.04 Å². The van der Waals surface area contributed by atoms with Gasteiger partial charge >= 0.3 is 0 Å². The maximum Gasteiger partial charge on any atom is 0.131 e. The van der Waals surface area contributed by atoms with Crippen LogP contribution in [0.3, 0.4) is 0 Å². The van der Waals surface area contributed by atoms with Crippen molar-refractivity contribution < 1.29 is 4.74 Å². The van der Waals surface area contributed by atoms with Gasteiger partial charge in [0.1, 0.15) is 5.75 Å². The van der Waals surface area contributed by atoms with Gasteiger partial charge in [0, 0.05) is 33.9 Å². The van der Waals surface area contributed by atoms with Crippen LogP contribution in [0.25, 0.3) is 10.8 Å². The first-order valence-corrected chi connectivity index (χ1v) is 5.77. The van der Waals surface area contributed by atoms with Gasteiger partial charge in [-0.05, 0) is 6.07 Å². The Morgan fingerprint density at radius 3 is 2.53 bits per heavy atom. The number of fused-ring (bicyclic) bond motifs is 1. The minimum Gasteiger partial charge on any atom is -0.496 e. The lowest BCUT2D eigenvalue weighted by Gasteiger charge is -2.17. The van der Waals surface area contributed by atoms with Gasteiger partial charge in [-0.3, -0.25) is 0 Å². The molecule has 4 heteroatoms. The molecule has 0 saturated heterocycles. The number of benzene rings is 2. The van der Waals surface area contributed by atoms with Gasteiger partial charge in [0.15, 0.2) is 0 Å². The second-order valence-corrected chi connectivity index (χ2v) is 4.28. The van der Waals surface area contributed by atoms with Crippen LogP contribution in [0, 0.1) is 0 Å². The third kappa shape index (κ3) is 2.09. The Balaban J connectivity index is 2.77. The van der Waals surface area contributed by atoms with E-state index < -0.39 is 0 Å². The summed E-state index contributed by atoms with van der Waals surface area (Å²) in [6.45, 7) is 0.352. The fourth-order valence-electron chi connectivity index (χ4n) is 1.95. The first-order valence-electron chi connectivity index (χ1n) is 5.39. The van der Waals surface area contributed by atoms with Crippen LogP contribution in [0.2, 0.25) is 5.02 Å². The van der Waals surface area contributed by atoms with Crippen molar-refractivity contribution in [1.82, 2.24) is 0 Å². The van der Waals surface area contributed by atoms with Crippen molar-refractivity contribution in [3.8, 4) is 5.75 Å². The molecule has 0 aliphatic heterocycles. The summed E-state index contributed by atoms with van der Waals surface area (Å²) in [4.78, 5) is 0. The molecule has 17 heavy (non-hydrogen) atoms. The Bertz CT molecular complexity index is 542. The molecular formula is C13H15ClN2O. The van der Waals surface area contributed by atoms with Gasteiger partial charge in [0.05, 0.1) is 7.11 Å². The third-order valence-corrected chi connectivity index (χ3v) is 3.14. The second kappa shape index (κ2) is 4.92. The van der Waals surface area contributed by atoms with Crippen molar-refractivity contribution in [2.75, 3.05) is 13.7 Å². The van der Waals surface area contributed by atoms with Gasteiger partial charge in [-0.15, -0.1) is 0 Å². The van der Waals surface area contributed by atoms with Gasteiger partial charge in [-0.25, -0.2) is 0 Å². The Kier molecular flexibility index (Phi) is 3.52. The van der Waals surface area contributed by atoms with E-state index in [1.807, 2.05) is 30.3 Å². The fourth-order valence-corrected chi connectivity index (χ4v) is 2.24. The molecule has 2 aromatic rings. The average Bonchev–Trinajstić information content (AvgIpc) is 2.38. The molecule has 0 amide bonds. The maximum atomic E-state index is 6.24. The van der Waals surface area contributed by atoms with E-state index in [9.17, 15) is 0 Å². The summed E-state index contributed by atoms with van der Waals surface area (Å²) in [5, 5.41) is 2.58. The largest absolute Gasteiger partial charge is 0.496 e. The second-order valence-electron chi connectivity index (χ2n) is 3.87. The number of hydrogen-bond donors (Lipinski definition) is 2. The van der Waals surface area contributed by atoms with Gasteiger partial charge in [-0.1, -0.05) is 35.9 Å². The molecule has 0 aliphatic carbocycles. The van der Waals surface area contributed by atoms with E-state index in [1.54, 1.807) is 7.11 Å². The van der Waals surface area contributed by atoms with Crippen LogP contribution in [0.5, 0.6) is 5.75 Å². The van der Waals surface area contributed by atoms with Crippen LogP contribution in [0.1, 0.15) is 11.6 Å². The number of nitrogens with two attached hydrogens (primary N) is 2. The highest BCUT2D eigenvalue weighted by atomic mass is 35.5. The topological polar surface area (TPSA) is 61.3 Å². The minimum atomic E-state index is -0.271. The van der Waals surface area contributed by atoms with Crippen molar-refractivity contribution in [2.24, 2.45) is 11.5 Å². The zero-order valence-electron chi connectivity index (χ0n) is 9.61. The fraction of sp³-hybridized carbons (Fsp3) is 0.231. The van der Waals surface area contributed by atoms with E-state index in [0.717, 1.165) is 22.1 Å². The Labute approximate surface area is 105 Å². The predicted octanol–water partition coefficient (Wildman–Crippen LogP) is 2.46. The third-order valence-electron chi connectivity index (χ3n) is 2.83. The van der Waals surface area contributed by atoms with Crippen LogP contribution < -0.4 is 16.2 Å². The lowest BCUT2D eigenvalue weighted by atomic mass is 10.0. The smallest absolute Gasteiger partial charge is 0.131 e. The molecule has 0 aromatic heterocycles.